The van der Waals surface area contributed by atoms with Gasteiger partial charge in [-0.1, -0.05) is 22.9 Å². The Morgan fingerprint density at radius 1 is 1.45 bits per heavy atom. The van der Waals surface area contributed by atoms with Gasteiger partial charge in [-0.15, -0.1) is 0 Å². The van der Waals surface area contributed by atoms with Crippen LogP contribution >= 0.6 is 22.9 Å². The summed E-state index contributed by atoms with van der Waals surface area (Å²) in [6.07, 6.45) is 3.70. The first-order chi connectivity index (χ1) is 9.74. The molecule has 0 spiro atoms. The molecule has 5 nitrogen and oxygen atoms in total. The standard InChI is InChI=1S/C13H13ClN4OS/c1-19-5-4-18-8-10(7-15-18)16-13-17-11-6-9(14)2-3-12(11)20-13/h2-3,6-8H,4-5H2,1H3,(H,16,17). The van der Waals surface area contributed by atoms with Crippen molar-refractivity contribution in [1.29, 1.82) is 0 Å². The fraction of sp³-hybridized carbons (Fsp3) is 0.231. The molecule has 7 heteroatoms. The Balaban J connectivity index is 1.76. The lowest BCUT2D eigenvalue weighted by atomic mass is 10.3. The molecule has 0 amide bonds. The number of aromatic nitrogens is 3. The van der Waals surface area contributed by atoms with Crippen LogP contribution in [0.2, 0.25) is 5.02 Å². The zero-order valence-corrected chi connectivity index (χ0v) is 12.4. The molecule has 0 aliphatic rings. The Morgan fingerprint density at radius 2 is 2.35 bits per heavy atom. The highest BCUT2D eigenvalue weighted by molar-refractivity contribution is 7.22. The Morgan fingerprint density at radius 3 is 3.20 bits per heavy atom. The highest BCUT2D eigenvalue weighted by atomic mass is 35.5. The minimum atomic E-state index is 0.640. The second-order valence-electron chi connectivity index (χ2n) is 4.24. The van der Waals surface area contributed by atoms with E-state index in [4.69, 9.17) is 16.3 Å². The molecule has 0 atom stereocenters. The van der Waals surface area contributed by atoms with Gasteiger partial charge in [0.05, 0.1) is 35.3 Å². The van der Waals surface area contributed by atoms with Crippen molar-refractivity contribution in [1.82, 2.24) is 14.8 Å². The Labute approximate surface area is 125 Å². The van der Waals surface area contributed by atoms with Crippen molar-refractivity contribution >= 4 is 44.0 Å². The molecule has 0 bridgehead atoms. The number of anilines is 2. The van der Waals surface area contributed by atoms with E-state index in [0.717, 1.165) is 27.6 Å². The van der Waals surface area contributed by atoms with Crippen LogP contribution in [-0.4, -0.2) is 28.5 Å². The van der Waals surface area contributed by atoms with Crippen LogP contribution in [0.3, 0.4) is 0 Å². The number of ether oxygens (including phenoxy) is 1. The lowest BCUT2D eigenvalue weighted by Crippen LogP contribution is -2.03. The third kappa shape index (κ3) is 2.92. The monoisotopic (exact) mass is 308 g/mol. The van der Waals surface area contributed by atoms with Gasteiger partial charge in [-0.2, -0.15) is 5.10 Å². The first-order valence-electron chi connectivity index (χ1n) is 6.09. The Kier molecular flexibility index (Phi) is 3.86. The third-order valence-corrected chi connectivity index (χ3v) is 3.95. The van der Waals surface area contributed by atoms with E-state index in [9.17, 15) is 0 Å². The highest BCUT2D eigenvalue weighted by Crippen LogP contribution is 2.29. The second-order valence-corrected chi connectivity index (χ2v) is 5.71. The second kappa shape index (κ2) is 5.78. The predicted octanol–water partition coefficient (Wildman–Crippen LogP) is 3.54. The van der Waals surface area contributed by atoms with Crippen LogP contribution in [0.4, 0.5) is 10.8 Å². The normalized spacial score (nSPS) is 11.1. The van der Waals surface area contributed by atoms with E-state index in [0.29, 0.717) is 11.6 Å². The number of fused-ring (bicyclic) bond motifs is 1. The topological polar surface area (TPSA) is 52.0 Å². The summed E-state index contributed by atoms with van der Waals surface area (Å²) in [6.45, 7) is 1.37. The van der Waals surface area contributed by atoms with Crippen molar-refractivity contribution in [2.45, 2.75) is 6.54 Å². The van der Waals surface area contributed by atoms with Crippen LogP contribution < -0.4 is 5.32 Å². The number of nitrogens with one attached hydrogen (secondary N) is 1. The molecule has 1 aromatic carbocycles. The Hall–Kier alpha value is -1.63. The molecule has 3 rings (SSSR count). The van der Waals surface area contributed by atoms with Gasteiger partial charge in [-0.05, 0) is 18.2 Å². The lowest BCUT2D eigenvalue weighted by Gasteiger charge is -1.99. The quantitative estimate of drug-likeness (QED) is 0.783. The molecule has 0 saturated heterocycles. The summed E-state index contributed by atoms with van der Waals surface area (Å²) < 4.78 is 7.95. The van der Waals surface area contributed by atoms with E-state index in [1.165, 1.54) is 0 Å². The highest BCUT2D eigenvalue weighted by Gasteiger charge is 2.06. The van der Waals surface area contributed by atoms with Crippen molar-refractivity contribution in [3.8, 4) is 0 Å². The third-order valence-electron chi connectivity index (χ3n) is 2.76. The summed E-state index contributed by atoms with van der Waals surface area (Å²) in [5.41, 5.74) is 1.81. The molecular formula is C13H13ClN4OS. The number of rotatable bonds is 5. The molecule has 0 fully saturated rings. The predicted molar refractivity (Wildman–Crippen MR) is 82.0 cm³/mol. The SMILES string of the molecule is COCCn1cc(Nc2nc3cc(Cl)ccc3s2)cn1. The average molecular weight is 309 g/mol. The molecule has 0 aliphatic heterocycles. The van der Waals surface area contributed by atoms with Crippen LogP contribution in [0, 0.1) is 0 Å². The summed E-state index contributed by atoms with van der Waals surface area (Å²) >= 11 is 7.54. The van der Waals surface area contributed by atoms with Crippen molar-refractivity contribution in [3.63, 3.8) is 0 Å². The molecule has 0 radical (unpaired) electrons. The van der Waals surface area contributed by atoms with Crippen molar-refractivity contribution < 1.29 is 4.74 Å². The number of hydrogen-bond acceptors (Lipinski definition) is 5. The molecule has 0 unspecified atom stereocenters. The largest absolute Gasteiger partial charge is 0.383 e. The van der Waals surface area contributed by atoms with Gasteiger partial charge in [0, 0.05) is 18.3 Å². The number of nitrogens with zero attached hydrogens (tertiary/aromatic N) is 3. The van der Waals surface area contributed by atoms with Crippen LogP contribution in [0.15, 0.2) is 30.6 Å². The zero-order chi connectivity index (χ0) is 13.9. The summed E-state index contributed by atoms with van der Waals surface area (Å²) in [5.74, 6) is 0. The van der Waals surface area contributed by atoms with Crippen LogP contribution in [0.1, 0.15) is 0 Å². The number of methoxy groups -OCH3 is 1. The van der Waals surface area contributed by atoms with E-state index >= 15 is 0 Å². The lowest BCUT2D eigenvalue weighted by molar-refractivity contribution is 0.183. The van der Waals surface area contributed by atoms with Gasteiger partial charge in [0.2, 0.25) is 0 Å². The zero-order valence-electron chi connectivity index (χ0n) is 10.8. The molecule has 20 heavy (non-hydrogen) atoms. The molecular weight excluding hydrogens is 296 g/mol. The van der Waals surface area contributed by atoms with Gasteiger partial charge in [0.15, 0.2) is 5.13 Å². The van der Waals surface area contributed by atoms with E-state index in [-0.39, 0.29) is 0 Å². The van der Waals surface area contributed by atoms with Crippen molar-refractivity contribution in [2.75, 3.05) is 19.0 Å². The van der Waals surface area contributed by atoms with Gasteiger partial charge < -0.3 is 10.1 Å². The first kappa shape index (κ1) is 13.4. The molecule has 104 valence electrons. The van der Waals surface area contributed by atoms with E-state index in [1.807, 2.05) is 29.1 Å². The minimum Gasteiger partial charge on any atom is -0.383 e. The summed E-state index contributed by atoms with van der Waals surface area (Å²) in [4.78, 5) is 4.50. The maximum absolute atomic E-state index is 5.96. The fourth-order valence-electron chi connectivity index (χ4n) is 1.81. The molecule has 1 N–H and O–H groups in total. The summed E-state index contributed by atoms with van der Waals surface area (Å²) in [7, 11) is 1.68. The molecule has 3 aromatic rings. The molecule has 2 aromatic heterocycles. The van der Waals surface area contributed by atoms with Gasteiger partial charge in [0.1, 0.15) is 0 Å². The summed E-state index contributed by atoms with van der Waals surface area (Å²) in [5, 5.41) is 9.02. The minimum absolute atomic E-state index is 0.640. The van der Waals surface area contributed by atoms with E-state index in [2.05, 4.69) is 15.4 Å². The number of hydrogen-bond donors (Lipinski definition) is 1. The van der Waals surface area contributed by atoms with E-state index < -0.39 is 0 Å². The maximum Gasteiger partial charge on any atom is 0.188 e. The van der Waals surface area contributed by atoms with Crippen LogP contribution in [0.5, 0.6) is 0 Å². The summed E-state index contributed by atoms with van der Waals surface area (Å²) in [6, 6.07) is 5.71. The fourth-order valence-corrected chi connectivity index (χ4v) is 2.85. The molecule has 0 aliphatic carbocycles. The van der Waals surface area contributed by atoms with Crippen LogP contribution in [0.25, 0.3) is 10.2 Å². The smallest absolute Gasteiger partial charge is 0.188 e. The Bertz CT molecular complexity index is 724. The first-order valence-corrected chi connectivity index (χ1v) is 7.28. The number of thiazole rings is 1. The van der Waals surface area contributed by atoms with Crippen LogP contribution in [-0.2, 0) is 11.3 Å². The van der Waals surface area contributed by atoms with Gasteiger partial charge >= 0.3 is 0 Å². The molecule has 0 saturated carbocycles. The van der Waals surface area contributed by atoms with E-state index in [1.54, 1.807) is 24.6 Å². The van der Waals surface area contributed by atoms with Crippen molar-refractivity contribution in [3.05, 3.63) is 35.6 Å². The average Bonchev–Trinajstić information content (AvgIpc) is 3.02. The van der Waals surface area contributed by atoms with Gasteiger partial charge in [-0.25, -0.2) is 4.98 Å². The number of benzene rings is 1. The van der Waals surface area contributed by atoms with Gasteiger partial charge in [-0.3, -0.25) is 4.68 Å². The number of halogens is 1. The van der Waals surface area contributed by atoms with Gasteiger partial charge in [0.25, 0.3) is 0 Å². The van der Waals surface area contributed by atoms with Crippen molar-refractivity contribution in [2.24, 2.45) is 0 Å². The maximum atomic E-state index is 5.96. The molecule has 2 heterocycles.